The first kappa shape index (κ1) is 14.4. The highest BCUT2D eigenvalue weighted by molar-refractivity contribution is 5.83. The maximum atomic E-state index is 12.0. The molecule has 1 aromatic carbocycles. The van der Waals surface area contributed by atoms with E-state index in [1.54, 1.807) is 4.90 Å². The molecule has 108 valence electrons. The van der Waals surface area contributed by atoms with E-state index in [4.69, 9.17) is 9.47 Å². The average Bonchev–Trinajstić information content (AvgIpc) is 2.76. The first-order valence-corrected chi connectivity index (χ1v) is 6.63. The van der Waals surface area contributed by atoms with Gasteiger partial charge in [0.25, 0.3) is 0 Å². The van der Waals surface area contributed by atoms with Gasteiger partial charge in [-0.05, 0) is 11.5 Å². The van der Waals surface area contributed by atoms with E-state index in [1.165, 1.54) is 7.11 Å². The van der Waals surface area contributed by atoms with Crippen molar-refractivity contribution in [1.82, 2.24) is 4.90 Å². The molecular weight excluding hydrogens is 258 g/mol. The van der Waals surface area contributed by atoms with Crippen molar-refractivity contribution in [2.75, 3.05) is 7.11 Å². The topological polar surface area (TPSA) is 55.8 Å². The fourth-order valence-electron chi connectivity index (χ4n) is 2.49. The van der Waals surface area contributed by atoms with Gasteiger partial charge >= 0.3 is 12.1 Å². The van der Waals surface area contributed by atoms with Gasteiger partial charge in [0.1, 0.15) is 0 Å². The van der Waals surface area contributed by atoms with E-state index >= 15 is 0 Å². The van der Waals surface area contributed by atoms with Crippen LogP contribution in [0.2, 0.25) is 0 Å². The summed E-state index contributed by atoms with van der Waals surface area (Å²) in [4.78, 5) is 25.4. The maximum Gasteiger partial charge on any atom is 0.411 e. The van der Waals surface area contributed by atoms with Gasteiger partial charge in [-0.2, -0.15) is 0 Å². The van der Waals surface area contributed by atoms with E-state index < -0.39 is 18.2 Å². The molecule has 1 unspecified atom stereocenters. The van der Waals surface area contributed by atoms with E-state index in [9.17, 15) is 9.59 Å². The summed E-state index contributed by atoms with van der Waals surface area (Å²) in [6.07, 6.45) is -1.32. The molecule has 5 heteroatoms. The molecule has 1 fully saturated rings. The second-order valence-electron chi connectivity index (χ2n) is 5.18. The summed E-state index contributed by atoms with van der Waals surface area (Å²) in [5, 5.41) is 0. The molecule has 2 atom stereocenters. The molecule has 0 radical (unpaired) electrons. The summed E-state index contributed by atoms with van der Waals surface area (Å²) in [6, 6.07) is 9.32. The molecule has 0 spiro atoms. The number of amides is 1. The predicted octanol–water partition coefficient (Wildman–Crippen LogP) is 2.21. The highest BCUT2D eigenvalue weighted by Gasteiger charge is 2.47. The number of methoxy groups -OCH3 is 1. The van der Waals surface area contributed by atoms with Crippen LogP contribution < -0.4 is 0 Å². The third-order valence-corrected chi connectivity index (χ3v) is 3.44. The molecule has 1 aliphatic heterocycles. The Labute approximate surface area is 118 Å². The summed E-state index contributed by atoms with van der Waals surface area (Å²) < 4.78 is 9.90. The molecule has 0 N–H and O–H groups in total. The molecule has 5 nitrogen and oxygen atoms in total. The van der Waals surface area contributed by atoms with Gasteiger partial charge < -0.3 is 9.47 Å². The maximum absolute atomic E-state index is 12.0. The second kappa shape index (κ2) is 5.94. The van der Waals surface area contributed by atoms with Crippen LogP contribution in [0.1, 0.15) is 19.4 Å². The zero-order valence-corrected chi connectivity index (χ0v) is 11.9. The van der Waals surface area contributed by atoms with Crippen molar-refractivity contribution in [2.24, 2.45) is 5.92 Å². The lowest BCUT2D eigenvalue weighted by Gasteiger charge is -2.26. The zero-order chi connectivity index (χ0) is 14.7. The predicted molar refractivity (Wildman–Crippen MR) is 72.9 cm³/mol. The minimum absolute atomic E-state index is 0.0919. The summed E-state index contributed by atoms with van der Waals surface area (Å²) in [7, 11) is 1.30. The van der Waals surface area contributed by atoms with Gasteiger partial charge in [0, 0.05) is 6.54 Å². The van der Waals surface area contributed by atoms with Crippen molar-refractivity contribution in [1.29, 1.82) is 0 Å². The Morgan fingerprint density at radius 2 is 2.00 bits per heavy atom. The lowest BCUT2D eigenvalue weighted by Crippen LogP contribution is -2.43. The van der Waals surface area contributed by atoms with Crippen molar-refractivity contribution >= 4 is 12.1 Å². The molecule has 0 saturated carbocycles. The van der Waals surface area contributed by atoms with Crippen LogP contribution in [0.4, 0.5) is 4.79 Å². The SMILES string of the molecule is COC(=O)C1OC(=O)N(Cc2ccccc2)[C@H]1C(C)C. The number of nitrogens with zero attached hydrogens (tertiary/aromatic N) is 1. The highest BCUT2D eigenvalue weighted by atomic mass is 16.6. The van der Waals surface area contributed by atoms with Crippen LogP contribution in [0.15, 0.2) is 30.3 Å². The molecule has 1 aromatic rings. The summed E-state index contributed by atoms with van der Waals surface area (Å²) in [5.41, 5.74) is 1.00. The number of rotatable bonds is 4. The van der Waals surface area contributed by atoms with E-state index in [0.29, 0.717) is 6.54 Å². The molecule has 1 heterocycles. The quantitative estimate of drug-likeness (QED) is 0.792. The first-order chi connectivity index (χ1) is 9.54. The number of carbonyl (C=O) groups excluding carboxylic acids is 2. The van der Waals surface area contributed by atoms with Gasteiger partial charge in [-0.15, -0.1) is 0 Å². The van der Waals surface area contributed by atoms with Crippen LogP contribution >= 0.6 is 0 Å². The molecule has 1 saturated heterocycles. The molecular formula is C15H19NO4. The van der Waals surface area contributed by atoms with Gasteiger partial charge in [0.15, 0.2) is 0 Å². The van der Waals surface area contributed by atoms with Gasteiger partial charge in [0.05, 0.1) is 13.2 Å². The van der Waals surface area contributed by atoms with E-state index in [0.717, 1.165) is 5.56 Å². The Balaban J connectivity index is 2.22. The molecule has 2 rings (SSSR count). The number of cyclic esters (lactones) is 1. The van der Waals surface area contributed by atoms with E-state index in [-0.39, 0.29) is 12.0 Å². The molecule has 1 amide bonds. The number of benzene rings is 1. The van der Waals surface area contributed by atoms with Crippen LogP contribution in [-0.2, 0) is 20.8 Å². The van der Waals surface area contributed by atoms with Crippen LogP contribution in [-0.4, -0.2) is 36.2 Å². The Kier molecular flexibility index (Phi) is 4.27. The minimum atomic E-state index is -0.851. The van der Waals surface area contributed by atoms with Gasteiger partial charge in [-0.1, -0.05) is 44.2 Å². The Hall–Kier alpha value is -2.04. The van der Waals surface area contributed by atoms with Gasteiger partial charge in [-0.3, -0.25) is 4.90 Å². The van der Waals surface area contributed by atoms with Gasteiger partial charge in [0.2, 0.25) is 6.10 Å². The fourth-order valence-corrected chi connectivity index (χ4v) is 2.49. The van der Waals surface area contributed by atoms with Crippen LogP contribution in [0.25, 0.3) is 0 Å². The summed E-state index contributed by atoms with van der Waals surface area (Å²) >= 11 is 0. The average molecular weight is 277 g/mol. The number of hydrogen-bond donors (Lipinski definition) is 0. The summed E-state index contributed by atoms with van der Waals surface area (Å²) in [6.45, 7) is 4.34. The minimum Gasteiger partial charge on any atom is -0.466 e. The van der Waals surface area contributed by atoms with Crippen molar-refractivity contribution in [2.45, 2.75) is 32.5 Å². The Morgan fingerprint density at radius 1 is 1.35 bits per heavy atom. The number of ether oxygens (including phenoxy) is 2. The van der Waals surface area contributed by atoms with Crippen LogP contribution in [0.3, 0.4) is 0 Å². The Morgan fingerprint density at radius 3 is 2.55 bits per heavy atom. The van der Waals surface area contributed by atoms with Crippen molar-refractivity contribution in [3.63, 3.8) is 0 Å². The number of hydrogen-bond acceptors (Lipinski definition) is 4. The fraction of sp³-hybridized carbons (Fsp3) is 0.467. The molecule has 0 aliphatic carbocycles. The third kappa shape index (κ3) is 2.76. The first-order valence-electron chi connectivity index (χ1n) is 6.63. The molecule has 1 aliphatic rings. The van der Waals surface area contributed by atoms with E-state index in [2.05, 4.69) is 0 Å². The highest BCUT2D eigenvalue weighted by Crippen LogP contribution is 2.28. The van der Waals surface area contributed by atoms with Crippen molar-refractivity contribution in [3.05, 3.63) is 35.9 Å². The monoisotopic (exact) mass is 277 g/mol. The van der Waals surface area contributed by atoms with E-state index in [1.807, 2.05) is 44.2 Å². The van der Waals surface area contributed by atoms with Crippen molar-refractivity contribution < 1.29 is 19.1 Å². The van der Waals surface area contributed by atoms with Crippen LogP contribution in [0.5, 0.6) is 0 Å². The largest absolute Gasteiger partial charge is 0.466 e. The lowest BCUT2D eigenvalue weighted by molar-refractivity contribution is -0.150. The zero-order valence-electron chi connectivity index (χ0n) is 11.9. The Bertz CT molecular complexity index is 486. The smallest absolute Gasteiger partial charge is 0.411 e. The number of esters is 1. The molecule has 0 aromatic heterocycles. The van der Waals surface area contributed by atoms with Crippen LogP contribution in [0, 0.1) is 5.92 Å². The summed E-state index contributed by atoms with van der Waals surface area (Å²) in [5.74, 6) is -0.415. The molecule has 0 bridgehead atoms. The number of carbonyl (C=O) groups is 2. The standard InChI is InChI=1S/C15H19NO4/c1-10(2)12-13(14(17)19-3)20-15(18)16(12)9-11-7-5-4-6-8-11/h4-8,10,12-13H,9H2,1-3H3/t12-,13?/m0/s1. The second-order valence-corrected chi connectivity index (χ2v) is 5.18. The lowest BCUT2D eigenvalue weighted by atomic mass is 9.97. The normalized spacial score (nSPS) is 22.0. The third-order valence-electron chi connectivity index (χ3n) is 3.44. The molecule has 20 heavy (non-hydrogen) atoms. The van der Waals surface area contributed by atoms with Gasteiger partial charge in [-0.25, -0.2) is 9.59 Å². The van der Waals surface area contributed by atoms with Crippen molar-refractivity contribution in [3.8, 4) is 0 Å².